The number of aromatic nitrogens is 3. The van der Waals surface area contributed by atoms with Gasteiger partial charge in [0.25, 0.3) is 0 Å². The lowest BCUT2D eigenvalue weighted by Crippen LogP contribution is -2.12. The second kappa shape index (κ2) is 10.4. The number of rotatable bonds is 9. The van der Waals surface area contributed by atoms with E-state index in [1.54, 1.807) is 39.2 Å². The Balaban J connectivity index is 0.00000380. The Morgan fingerprint density at radius 2 is 1.89 bits per heavy atom. The zero-order valence-corrected chi connectivity index (χ0v) is 21.4. The van der Waals surface area contributed by atoms with Crippen LogP contribution in [0.3, 0.4) is 0 Å². The number of nitrogens with one attached hydrogen (secondary N) is 2. The first-order chi connectivity index (χ1) is 17.2. The first-order valence-corrected chi connectivity index (χ1v) is 13.2. The molecule has 0 amide bonds. The second-order valence-electron chi connectivity index (χ2n) is 7.57. The normalized spacial score (nSPS) is 11.3. The number of ether oxygens (including phenoxy) is 2. The molecule has 0 radical (unpaired) electrons. The average Bonchev–Trinajstić information content (AvgIpc) is 3.21. The van der Waals surface area contributed by atoms with Gasteiger partial charge in [0.15, 0.2) is 5.13 Å². The molecule has 4 aromatic rings. The van der Waals surface area contributed by atoms with Gasteiger partial charge in [0.2, 0.25) is 16.0 Å². The largest absolute Gasteiger partial charge is 0.494 e. The van der Waals surface area contributed by atoms with Crippen LogP contribution in [0.2, 0.25) is 0 Å². The molecule has 2 aromatic heterocycles. The highest BCUT2D eigenvalue weighted by molar-refractivity contribution is 7.89. The SMILES string of the molecule is CCOC(=O)c1sc(Nc2nc(NCc3ccc(S(N)(=O)=O)cc3)c3cccc(OC)c3n2)nc1C.[HH]. The minimum absolute atomic E-state index is 0. The summed E-state index contributed by atoms with van der Waals surface area (Å²) in [7, 11) is -2.21. The molecule has 0 fully saturated rings. The van der Waals surface area contributed by atoms with Crippen LogP contribution in [-0.4, -0.2) is 43.1 Å². The van der Waals surface area contributed by atoms with Crippen molar-refractivity contribution in [2.75, 3.05) is 24.4 Å². The number of thiazole rings is 1. The average molecular weight is 531 g/mol. The summed E-state index contributed by atoms with van der Waals surface area (Å²) < 4.78 is 33.6. The molecule has 13 heteroatoms. The summed E-state index contributed by atoms with van der Waals surface area (Å²) in [6.07, 6.45) is 0. The highest BCUT2D eigenvalue weighted by atomic mass is 32.2. The summed E-state index contributed by atoms with van der Waals surface area (Å²) in [5.74, 6) is 0.901. The van der Waals surface area contributed by atoms with Crippen molar-refractivity contribution < 1.29 is 24.1 Å². The van der Waals surface area contributed by atoms with Crippen molar-refractivity contribution in [3.8, 4) is 5.75 Å². The maximum Gasteiger partial charge on any atom is 0.350 e. The molecule has 11 nitrogen and oxygen atoms in total. The van der Waals surface area contributed by atoms with Crippen LogP contribution in [0.25, 0.3) is 10.9 Å². The molecule has 4 N–H and O–H groups in total. The van der Waals surface area contributed by atoms with Crippen LogP contribution in [0.1, 0.15) is 29.3 Å². The van der Waals surface area contributed by atoms with Gasteiger partial charge >= 0.3 is 5.97 Å². The molecule has 36 heavy (non-hydrogen) atoms. The van der Waals surface area contributed by atoms with Gasteiger partial charge in [0.05, 0.1) is 24.3 Å². The van der Waals surface area contributed by atoms with Gasteiger partial charge in [-0.3, -0.25) is 5.32 Å². The third-order valence-corrected chi connectivity index (χ3v) is 7.08. The number of primary sulfonamides is 1. The van der Waals surface area contributed by atoms with Crippen molar-refractivity contribution in [3.05, 3.63) is 58.6 Å². The van der Waals surface area contributed by atoms with E-state index in [2.05, 4.69) is 25.6 Å². The van der Waals surface area contributed by atoms with E-state index in [9.17, 15) is 13.2 Å². The van der Waals surface area contributed by atoms with Crippen molar-refractivity contribution in [2.45, 2.75) is 25.3 Å². The van der Waals surface area contributed by atoms with E-state index >= 15 is 0 Å². The Bertz CT molecular complexity index is 1530. The monoisotopic (exact) mass is 530 g/mol. The van der Waals surface area contributed by atoms with E-state index in [1.807, 2.05) is 12.1 Å². The molecule has 0 bridgehead atoms. The van der Waals surface area contributed by atoms with Crippen LogP contribution in [0.5, 0.6) is 5.75 Å². The fourth-order valence-electron chi connectivity index (χ4n) is 3.40. The quantitative estimate of drug-likeness (QED) is 0.271. The molecule has 4 rings (SSSR count). The van der Waals surface area contributed by atoms with Crippen LogP contribution in [0.4, 0.5) is 16.9 Å². The summed E-state index contributed by atoms with van der Waals surface area (Å²) in [6, 6.07) is 11.7. The van der Waals surface area contributed by atoms with Crippen LogP contribution in [-0.2, 0) is 21.3 Å². The van der Waals surface area contributed by atoms with Gasteiger partial charge in [-0.2, -0.15) is 4.98 Å². The highest BCUT2D eigenvalue weighted by Crippen LogP contribution is 2.32. The van der Waals surface area contributed by atoms with Gasteiger partial charge in [-0.1, -0.05) is 29.5 Å². The first-order valence-electron chi connectivity index (χ1n) is 10.8. The van der Waals surface area contributed by atoms with Crippen LogP contribution in [0, 0.1) is 6.92 Å². The summed E-state index contributed by atoms with van der Waals surface area (Å²) in [4.78, 5) is 26.2. The van der Waals surface area contributed by atoms with Gasteiger partial charge in [0.1, 0.15) is 22.0 Å². The molecular weight excluding hydrogens is 504 g/mol. The molecular formula is C23H26N6O5S2. The lowest BCUT2D eigenvalue weighted by molar-refractivity contribution is 0.0531. The number of nitrogens with zero attached hydrogens (tertiary/aromatic N) is 3. The predicted octanol–water partition coefficient (Wildman–Crippen LogP) is 3.83. The predicted molar refractivity (Wildman–Crippen MR) is 139 cm³/mol. The van der Waals surface area contributed by atoms with E-state index in [4.69, 9.17) is 14.6 Å². The molecule has 0 aliphatic carbocycles. The van der Waals surface area contributed by atoms with Crippen molar-refractivity contribution in [1.29, 1.82) is 0 Å². The van der Waals surface area contributed by atoms with E-state index < -0.39 is 16.0 Å². The van der Waals surface area contributed by atoms with E-state index in [0.717, 1.165) is 22.3 Å². The smallest absolute Gasteiger partial charge is 0.350 e. The number of nitrogens with two attached hydrogens (primary N) is 1. The zero-order valence-electron chi connectivity index (χ0n) is 19.7. The number of methoxy groups -OCH3 is 1. The number of esters is 1. The number of benzene rings is 2. The molecule has 0 saturated heterocycles. The maximum atomic E-state index is 12.2. The number of sulfonamides is 1. The second-order valence-corrected chi connectivity index (χ2v) is 10.1. The Labute approximate surface area is 213 Å². The van der Waals surface area contributed by atoms with E-state index in [-0.39, 0.29) is 18.9 Å². The third kappa shape index (κ3) is 5.53. The number of carbonyl (C=O) groups is 1. The minimum atomic E-state index is -3.77. The number of para-hydroxylation sites is 1. The van der Waals surface area contributed by atoms with Crippen LogP contribution >= 0.6 is 11.3 Å². The molecule has 2 heterocycles. The van der Waals surface area contributed by atoms with Crippen LogP contribution in [0.15, 0.2) is 47.4 Å². The lowest BCUT2D eigenvalue weighted by Gasteiger charge is -2.13. The Hall–Kier alpha value is -3.81. The molecule has 2 aromatic carbocycles. The number of fused-ring (bicyclic) bond motifs is 1. The van der Waals surface area contributed by atoms with Crippen molar-refractivity contribution >= 4 is 55.1 Å². The fraction of sp³-hybridized carbons (Fsp3) is 0.217. The molecule has 0 aliphatic heterocycles. The molecule has 0 aliphatic rings. The van der Waals surface area contributed by atoms with Crippen molar-refractivity contribution in [2.24, 2.45) is 5.14 Å². The Morgan fingerprint density at radius 3 is 2.56 bits per heavy atom. The molecule has 0 spiro atoms. The summed E-state index contributed by atoms with van der Waals surface area (Å²) in [6.45, 7) is 4.10. The number of aryl methyl sites for hydroxylation is 1. The summed E-state index contributed by atoms with van der Waals surface area (Å²) >= 11 is 1.15. The topological polar surface area (TPSA) is 158 Å². The van der Waals surface area contributed by atoms with Gasteiger partial charge in [-0.15, -0.1) is 0 Å². The fourth-order valence-corrected chi connectivity index (χ4v) is 4.76. The number of hydrogen-bond donors (Lipinski definition) is 3. The first kappa shape index (κ1) is 25.3. The van der Waals surface area contributed by atoms with Gasteiger partial charge in [-0.25, -0.2) is 28.3 Å². The number of carbonyl (C=O) groups excluding carboxylic acids is 1. The standard InChI is InChI=1S/C23H24N6O5S2.H2/c1-4-34-21(30)19-13(2)26-23(35-19)29-22-27-18-16(6-5-7-17(18)33-3)20(28-22)25-12-14-8-10-15(11-9-14)36(24,31)32;/h5-11H,4,12H2,1-3H3,(H2,24,31,32)(H2,25,26,27,28,29);1H. The summed E-state index contributed by atoms with van der Waals surface area (Å²) in [5, 5.41) is 12.7. The third-order valence-electron chi connectivity index (χ3n) is 5.10. The Morgan fingerprint density at radius 1 is 1.14 bits per heavy atom. The van der Waals surface area contributed by atoms with E-state index in [0.29, 0.717) is 39.3 Å². The number of anilines is 3. The molecule has 190 valence electrons. The highest BCUT2D eigenvalue weighted by Gasteiger charge is 2.18. The Kier molecular flexibility index (Phi) is 7.33. The van der Waals surface area contributed by atoms with Gasteiger partial charge < -0.3 is 14.8 Å². The molecule has 0 unspecified atom stereocenters. The number of hydrogen-bond acceptors (Lipinski definition) is 11. The lowest BCUT2D eigenvalue weighted by atomic mass is 10.2. The molecule has 0 atom stereocenters. The van der Waals surface area contributed by atoms with Crippen molar-refractivity contribution in [1.82, 2.24) is 15.0 Å². The maximum absolute atomic E-state index is 12.2. The minimum Gasteiger partial charge on any atom is -0.494 e. The van der Waals surface area contributed by atoms with Crippen LogP contribution < -0.4 is 20.5 Å². The van der Waals surface area contributed by atoms with Gasteiger partial charge in [0, 0.05) is 13.4 Å². The van der Waals surface area contributed by atoms with E-state index in [1.165, 1.54) is 12.1 Å². The molecule has 0 saturated carbocycles. The van der Waals surface area contributed by atoms with Gasteiger partial charge in [-0.05, 0) is 43.7 Å². The zero-order chi connectivity index (χ0) is 25.9. The summed E-state index contributed by atoms with van der Waals surface area (Å²) in [5.41, 5.74) is 1.94. The van der Waals surface area contributed by atoms with Crippen molar-refractivity contribution in [3.63, 3.8) is 0 Å².